The van der Waals surface area contributed by atoms with E-state index in [9.17, 15) is 5.11 Å². The van der Waals surface area contributed by atoms with E-state index in [1.807, 2.05) is 14.0 Å². The molecule has 0 saturated heterocycles. The Kier molecular flexibility index (Phi) is 10.9. The summed E-state index contributed by atoms with van der Waals surface area (Å²) in [5.41, 5.74) is -0.148. The predicted molar refractivity (Wildman–Crippen MR) is 73.4 cm³/mol. The second-order valence-electron chi connectivity index (χ2n) is 5.10. The molecule has 0 aromatic rings. The zero-order chi connectivity index (χ0) is 13.0. The van der Waals surface area contributed by atoms with Crippen molar-refractivity contribution in [2.75, 3.05) is 26.9 Å². The fraction of sp³-hybridized carbons (Fsp3) is 1.00. The molecule has 0 bridgehead atoms. The summed E-state index contributed by atoms with van der Waals surface area (Å²) in [5.74, 6) is 0. The first-order valence-electron chi connectivity index (χ1n) is 7.06. The summed E-state index contributed by atoms with van der Waals surface area (Å²) in [6.07, 6.45) is 8.41. The van der Waals surface area contributed by atoms with Crippen molar-refractivity contribution in [2.45, 2.75) is 64.3 Å². The molecule has 0 heterocycles. The highest BCUT2D eigenvalue weighted by atomic mass is 16.5. The van der Waals surface area contributed by atoms with E-state index in [1.165, 1.54) is 32.1 Å². The van der Waals surface area contributed by atoms with Crippen molar-refractivity contribution in [2.24, 2.45) is 0 Å². The van der Waals surface area contributed by atoms with Crippen LogP contribution >= 0.6 is 0 Å². The van der Waals surface area contributed by atoms with Crippen molar-refractivity contribution in [3.05, 3.63) is 0 Å². The molecule has 0 spiro atoms. The molecule has 1 unspecified atom stereocenters. The van der Waals surface area contributed by atoms with Gasteiger partial charge in [0.25, 0.3) is 0 Å². The van der Waals surface area contributed by atoms with Crippen LogP contribution in [0.1, 0.15) is 58.8 Å². The Morgan fingerprint density at radius 3 is 2.29 bits per heavy atom. The second kappa shape index (κ2) is 11.0. The second-order valence-corrected chi connectivity index (χ2v) is 5.10. The third-order valence-electron chi connectivity index (χ3n) is 3.36. The Labute approximate surface area is 107 Å². The first kappa shape index (κ1) is 16.9. The summed E-state index contributed by atoms with van der Waals surface area (Å²) in [7, 11) is 1.89. The highest BCUT2D eigenvalue weighted by Gasteiger charge is 2.19. The lowest BCUT2D eigenvalue weighted by molar-refractivity contribution is 0.109. The molecular weight excluding hydrogens is 214 g/mol. The number of ether oxygens (including phenoxy) is 1. The summed E-state index contributed by atoms with van der Waals surface area (Å²) in [5, 5.41) is 12.4. The number of aliphatic hydroxyl groups excluding tert-OH is 1. The molecule has 3 heteroatoms. The monoisotopic (exact) mass is 245 g/mol. The number of unbranched alkanes of at least 4 members (excludes halogenated alkanes) is 4. The molecular formula is C14H31NO2. The van der Waals surface area contributed by atoms with Gasteiger partial charge in [-0.2, -0.15) is 0 Å². The normalized spacial score (nSPS) is 14.8. The number of likely N-dealkylation sites (N-methyl/N-ethyl adjacent to an activating group) is 1. The van der Waals surface area contributed by atoms with E-state index in [1.54, 1.807) is 0 Å². The molecule has 0 aromatic heterocycles. The maximum Gasteiger partial charge on any atom is 0.0610 e. The molecule has 17 heavy (non-hydrogen) atoms. The van der Waals surface area contributed by atoms with Gasteiger partial charge in [-0.1, -0.05) is 32.6 Å². The zero-order valence-corrected chi connectivity index (χ0v) is 11.9. The van der Waals surface area contributed by atoms with Crippen LogP contribution in [-0.4, -0.2) is 37.5 Å². The molecule has 0 radical (unpaired) electrons. The summed E-state index contributed by atoms with van der Waals surface area (Å²) >= 11 is 0. The number of hydrogen-bond acceptors (Lipinski definition) is 3. The Morgan fingerprint density at radius 2 is 1.71 bits per heavy atom. The van der Waals surface area contributed by atoms with Gasteiger partial charge in [-0.05, 0) is 33.2 Å². The number of aliphatic hydroxyl groups is 1. The van der Waals surface area contributed by atoms with Gasteiger partial charge in [-0.3, -0.25) is 0 Å². The van der Waals surface area contributed by atoms with Gasteiger partial charge in [-0.15, -0.1) is 0 Å². The highest BCUT2D eigenvalue weighted by molar-refractivity contribution is 4.79. The highest BCUT2D eigenvalue weighted by Crippen LogP contribution is 2.10. The van der Waals surface area contributed by atoms with Gasteiger partial charge in [0.2, 0.25) is 0 Å². The average molecular weight is 245 g/mol. The molecule has 0 amide bonds. The smallest absolute Gasteiger partial charge is 0.0610 e. The van der Waals surface area contributed by atoms with Crippen molar-refractivity contribution in [3.8, 4) is 0 Å². The molecule has 0 aliphatic heterocycles. The average Bonchev–Trinajstić information content (AvgIpc) is 2.36. The SMILES string of the molecule is CCCCCCCOCCCC(C)(CO)NC. The van der Waals surface area contributed by atoms with E-state index in [4.69, 9.17) is 4.74 Å². The van der Waals surface area contributed by atoms with Gasteiger partial charge in [0, 0.05) is 18.8 Å². The van der Waals surface area contributed by atoms with E-state index < -0.39 is 0 Å². The third-order valence-corrected chi connectivity index (χ3v) is 3.36. The minimum absolute atomic E-state index is 0.148. The Morgan fingerprint density at radius 1 is 1.06 bits per heavy atom. The topological polar surface area (TPSA) is 41.5 Å². The third kappa shape index (κ3) is 9.57. The molecule has 2 N–H and O–H groups in total. The van der Waals surface area contributed by atoms with Crippen LogP contribution in [-0.2, 0) is 4.74 Å². The molecule has 0 aromatic carbocycles. The van der Waals surface area contributed by atoms with Crippen LogP contribution in [0.25, 0.3) is 0 Å². The summed E-state index contributed by atoms with van der Waals surface area (Å²) in [6.45, 7) is 6.15. The Hall–Kier alpha value is -0.120. The molecule has 3 nitrogen and oxygen atoms in total. The number of nitrogens with one attached hydrogen (secondary N) is 1. The summed E-state index contributed by atoms with van der Waals surface area (Å²) in [4.78, 5) is 0. The lowest BCUT2D eigenvalue weighted by Crippen LogP contribution is -2.43. The first-order chi connectivity index (χ1) is 8.18. The minimum atomic E-state index is -0.148. The van der Waals surface area contributed by atoms with Crippen molar-refractivity contribution in [1.29, 1.82) is 0 Å². The minimum Gasteiger partial charge on any atom is -0.394 e. The van der Waals surface area contributed by atoms with Crippen LogP contribution in [0.15, 0.2) is 0 Å². The number of rotatable bonds is 12. The van der Waals surface area contributed by atoms with E-state index in [0.717, 1.165) is 26.1 Å². The van der Waals surface area contributed by atoms with Gasteiger partial charge in [-0.25, -0.2) is 0 Å². The molecule has 104 valence electrons. The van der Waals surface area contributed by atoms with Crippen LogP contribution in [0.2, 0.25) is 0 Å². The van der Waals surface area contributed by atoms with Gasteiger partial charge < -0.3 is 15.2 Å². The van der Waals surface area contributed by atoms with E-state index >= 15 is 0 Å². The Bertz CT molecular complexity index is 158. The lowest BCUT2D eigenvalue weighted by atomic mass is 9.97. The van der Waals surface area contributed by atoms with Crippen LogP contribution in [0.5, 0.6) is 0 Å². The van der Waals surface area contributed by atoms with Crippen LogP contribution in [0, 0.1) is 0 Å². The van der Waals surface area contributed by atoms with Crippen LogP contribution in [0.4, 0.5) is 0 Å². The van der Waals surface area contributed by atoms with Crippen molar-refractivity contribution < 1.29 is 9.84 Å². The van der Waals surface area contributed by atoms with Crippen molar-refractivity contribution >= 4 is 0 Å². The van der Waals surface area contributed by atoms with Crippen LogP contribution < -0.4 is 5.32 Å². The van der Waals surface area contributed by atoms with E-state index in [2.05, 4.69) is 12.2 Å². The largest absolute Gasteiger partial charge is 0.394 e. The molecule has 0 aliphatic rings. The van der Waals surface area contributed by atoms with Gasteiger partial charge in [0.1, 0.15) is 0 Å². The van der Waals surface area contributed by atoms with Crippen molar-refractivity contribution in [3.63, 3.8) is 0 Å². The first-order valence-corrected chi connectivity index (χ1v) is 7.06. The summed E-state index contributed by atoms with van der Waals surface area (Å²) < 4.78 is 5.59. The van der Waals surface area contributed by atoms with Gasteiger partial charge in [0.15, 0.2) is 0 Å². The predicted octanol–water partition coefficient (Wildman–Crippen LogP) is 2.72. The quantitative estimate of drug-likeness (QED) is 0.519. The molecule has 0 saturated carbocycles. The van der Waals surface area contributed by atoms with Crippen LogP contribution in [0.3, 0.4) is 0 Å². The fourth-order valence-electron chi connectivity index (χ4n) is 1.76. The molecule has 0 fully saturated rings. The molecule has 0 aliphatic carbocycles. The zero-order valence-electron chi connectivity index (χ0n) is 11.9. The summed E-state index contributed by atoms with van der Waals surface area (Å²) in [6, 6.07) is 0. The van der Waals surface area contributed by atoms with E-state index in [-0.39, 0.29) is 12.1 Å². The molecule has 0 rings (SSSR count). The standard InChI is InChI=1S/C14H31NO2/c1-4-5-6-7-8-11-17-12-9-10-14(2,13-16)15-3/h15-16H,4-13H2,1-3H3. The Balaban J connectivity index is 3.23. The fourth-order valence-corrected chi connectivity index (χ4v) is 1.76. The lowest BCUT2D eigenvalue weighted by Gasteiger charge is -2.26. The van der Waals surface area contributed by atoms with Gasteiger partial charge in [0.05, 0.1) is 6.61 Å². The van der Waals surface area contributed by atoms with Crippen molar-refractivity contribution in [1.82, 2.24) is 5.32 Å². The van der Waals surface area contributed by atoms with Gasteiger partial charge >= 0.3 is 0 Å². The maximum atomic E-state index is 9.21. The molecule has 1 atom stereocenters. The maximum absolute atomic E-state index is 9.21. The number of hydrogen-bond donors (Lipinski definition) is 2. The van der Waals surface area contributed by atoms with E-state index in [0.29, 0.717) is 0 Å².